The van der Waals surface area contributed by atoms with Crippen LogP contribution >= 0.6 is 0 Å². The van der Waals surface area contributed by atoms with Crippen LogP contribution in [0.1, 0.15) is 24.0 Å². The molecular weight excluding hydrogens is 200 g/mol. The van der Waals surface area contributed by atoms with Gasteiger partial charge in [0.25, 0.3) is 0 Å². The Bertz CT molecular complexity index is 395. The van der Waals surface area contributed by atoms with E-state index >= 15 is 0 Å². The second-order valence-electron chi connectivity index (χ2n) is 3.95. The van der Waals surface area contributed by atoms with E-state index in [-0.39, 0.29) is 5.91 Å². The molecule has 1 fully saturated rings. The molecule has 0 radical (unpaired) electrons. The molecule has 1 aromatic carbocycles. The van der Waals surface area contributed by atoms with Crippen molar-refractivity contribution in [3.8, 4) is 0 Å². The van der Waals surface area contributed by atoms with Crippen LogP contribution in [0.4, 0.5) is 0 Å². The minimum absolute atomic E-state index is 0.217. The van der Waals surface area contributed by atoms with Crippen molar-refractivity contribution < 1.29 is 4.79 Å². The molecule has 0 aliphatic carbocycles. The monoisotopic (exact) mass is 216 g/mol. The maximum absolute atomic E-state index is 11.4. The van der Waals surface area contributed by atoms with E-state index < -0.39 is 0 Å². The third-order valence-corrected chi connectivity index (χ3v) is 2.77. The first-order valence-electron chi connectivity index (χ1n) is 5.56. The minimum Gasteiger partial charge on any atom is -0.326 e. The zero-order valence-electron chi connectivity index (χ0n) is 9.23. The third kappa shape index (κ3) is 2.49. The van der Waals surface area contributed by atoms with Gasteiger partial charge in [0, 0.05) is 25.7 Å². The van der Waals surface area contributed by atoms with Crippen LogP contribution in [0.5, 0.6) is 0 Å². The Morgan fingerprint density at radius 2 is 2.06 bits per heavy atom. The summed E-state index contributed by atoms with van der Waals surface area (Å²) >= 11 is 0. The number of hydrogen-bond donors (Lipinski definition) is 1. The van der Waals surface area contributed by atoms with E-state index in [2.05, 4.69) is 0 Å². The average Bonchev–Trinajstić information content (AvgIpc) is 2.73. The second kappa shape index (κ2) is 4.94. The SMILES string of the molecule is NCc1ccc(/C=C\N2CCCC2=O)cc1. The molecule has 1 aromatic rings. The first-order valence-corrected chi connectivity index (χ1v) is 5.56. The van der Waals surface area contributed by atoms with Crippen molar-refractivity contribution in [1.82, 2.24) is 4.90 Å². The Morgan fingerprint density at radius 3 is 2.62 bits per heavy atom. The molecule has 84 valence electrons. The molecule has 2 N–H and O–H groups in total. The lowest BCUT2D eigenvalue weighted by molar-refractivity contribution is -0.125. The van der Waals surface area contributed by atoms with Crippen molar-refractivity contribution in [2.45, 2.75) is 19.4 Å². The lowest BCUT2D eigenvalue weighted by atomic mass is 10.1. The molecule has 3 heteroatoms. The van der Waals surface area contributed by atoms with Crippen LogP contribution in [0.3, 0.4) is 0 Å². The van der Waals surface area contributed by atoms with E-state index in [0.29, 0.717) is 13.0 Å². The number of rotatable bonds is 3. The van der Waals surface area contributed by atoms with Crippen molar-refractivity contribution in [2.75, 3.05) is 6.54 Å². The molecule has 0 aromatic heterocycles. The van der Waals surface area contributed by atoms with Gasteiger partial charge in [0.15, 0.2) is 0 Å². The van der Waals surface area contributed by atoms with Crippen LogP contribution in [0.2, 0.25) is 0 Å². The number of nitrogens with two attached hydrogens (primary N) is 1. The van der Waals surface area contributed by atoms with Crippen LogP contribution < -0.4 is 5.73 Å². The van der Waals surface area contributed by atoms with Crippen LogP contribution in [0.15, 0.2) is 30.5 Å². The van der Waals surface area contributed by atoms with Crippen LogP contribution in [-0.2, 0) is 11.3 Å². The predicted molar refractivity (Wildman–Crippen MR) is 64.3 cm³/mol. The molecule has 0 saturated carbocycles. The molecule has 1 saturated heterocycles. The van der Waals surface area contributed by atoms with E-state index in [0.717, 1.165) is 24.1 Å². The van der Waals surface area contributed by atoms with E-state index in [9.17, 15) is 4.79 Å². The fourth-order valence-electron chi connectivity index (χ4n) is 1.77. The van der Waals surface area contributed by atoms with Crippen molar-refractivity contribution >= 4 is 12.0 Å². The highest BCUT2D eigenvalue weighted by Gasteiger charge is 2.16. The van der Waals surface area contributed by atoms with Crippen molar-refractivity contribution in [3.63, 3.8) is 0 Å². The quantitative estimate of drug-likeness (QED) is 0.836. The van der Waals surface area contributed by atoms with Gasteiger partial charge in [-0.25, -0.2) is 0 Å². The highest BCUT2D eigenvalue weighted by atomic mass is 16.2. The molecule has 1 aliphatic rings. The van der Waals surface area contributed by atoms with Gasteiger partial charge in [-0.3, -0.25) is 4.79 Å². The van der Waals surface area contributed by atoms with Crippen LogP contribution in [0.25, 0.3) is 6.08 Å². The highest BCUT2D eigenvalue weighted by Crippen LogP contribution is 2.12. The fourth-order valence-corrected chi connectivity index (χ4v) is 1.77. The van der Waals surface area contributed by atoms with Gasteiger partial charge in [0.05, 0.1) is 0 Å². The smallest absolute Gasteiger partial charge is 0.226 e. The normalized spacial score (nSPS) is 16.3. The summed E-state index contributed by atoms with van der Waals surface area (Å²) in [5.74, 6) is 0.217. The maximum Gasteiger partial charge on any atom is 0.226 e. The van der Waals surface area contributed by atoms with Gasteiger partial charge in [-0.1, -0.05) is 24.3 Å². The van der Waals surface area contributed by atoms with Crippen LogP contribution in [0, 0.1) is 0 Å². The van der Waals surface area contributed by atoms with Gasteiger partial charge < -0.3 is 10.6 Å². The third-order valence-electron chi connectivity index (χ3n) is 2.77. The number of benzene rings is 1. The number of hydrogen-bond acceptors (Lipinski definition) is 2. The summed E-state index contributed by atoms with van der Waals surface area (Å²) in [6.07, 6.45) is 5.47. The van der Waals surface area contributed by atoms with E-state index in [1.165, 1.54) is 0 Å². The van der Waals surface area contributed by atoms with Crippen molar-refractivity contribution in [1.29, 1.82) is 0 Å². The molecule has 1 aliphatic heterocycles. The number of carbonyl (C=O) groups is 1. The fraction of sp³-hybridized carbons (Fsp3) is 0.308. The minimum atomic E-state index is 0.217. The summed E-state index contributed by atoms with van der Waals surface area (Å²) in [6, 6.07) is 8.04. The number of amides is 1. The van der Waals surface area contributed by atoms with Crippen molar-refractivity contribution in [2.24, 2.45) is 5.73 Å². The van der Waals surface area contributed by atoms with E-state index in [1.54, 1.807) is 4.90 Å². The summed E-state index contributed by atoms with van der Waals surface area (Å²) in [7, 11) is 0. The lowest BCUT2D eigenvalue weighted by Gasteiger charge is -2.08. The van der Waals surface area contributed by atoms with E-state index in [1.807, 2.05) is 36.5 Å². The Balaban J connectivity index is 2.02. The second-order valence-corrected chi connectivity index (χ2v) is 3.95. The standard InChI is InChI=1S/C13H16N2O/c14-10-12-5-3-11(4-6-12)7-9-15-8-1-2-13(15)16/h3-7,9H,1-2,8,10,14H2/b9-7-. The molecule has 3 nitrogen and oxygen atoms in total. The van der Waals surface area contributed by atoms with E-state index in [4.69, 9.17) is 5.73 Å². The molecule has 2 rings (SSSR count). The van der Waals surface area contributed by atoms with Gasteiger partial charge in [-0.05, 0) is 23.6 Å². The van der Waals surface area contributed by atoms with Gasteiger partial charge in [0.1, 0.15) is 0 Å². The first kappa shape index (κ1) is 10.9. The lowest BCUT2D eigenvalue weighted by Crippen LogP contribution is -2.16. The number of nitrogens with zero attached hydrogens (tertiary/aromatic N) is 1. The Labute approximate surface area is 95.6 Å². The largest absolute Gasteiger partial charge is 0.326 e. The summed E-state index contributed by atoms with van der Waals surface area (Å²) in [6.45, 7) is 1.41. The van der Waals surface area contributed by atoms with Gasteiger partial charge in [-0.15, -0.1) is 0 Å². The van der Waals surface area contributed by atoms with Crippen LogP contribution in [-0.4, -0.2) is 17.4 Å². The zero-order chi connectivity index (χ0) is 11.4. The zero-order valence-corrected chi connectivity index (χ0v) is 9.23. The highest BCUT2D eigenvalue weighted by molar-refractivity contribution is 5.79. The molecule has 0 atom stereocenters. The topological polar surface area (TPSA) is 46.3 Å². The maximum atomic E-state index is 11.4. The molecule has 1 amide bonds. The first-order chi connectivity index (χ1) is 7.79. The molecule has 0 bridgehead atoms. The van der Waals surface area contributed by atoms with Gasteiger partial charge in [-0.2, -0.15) is 0 Å². The Morgan fingerprint density at radius 1 is 1.31 bits per heavy atom. The molecular formula is C13H16N2O. The Kier molecular flexibility index (Phi) is 3.37. The molecule has 0 unspecified atom stereocenters. The predicted octanol–water partition coefficient (Wildman–Crippen LogP) is 1.74. The molecule has 0 spiro atoms. The molecule has 16 heavy (non-hydrogen) atoms. The van der Waals surface area contributed by atoms with Gasteiger partial charge >= 0.3 is 0 Å². The molecule has 1 heterocycles. The average molecular weight is 216 g/mol. The Hall–Kier alpha value is -1.61. The summed E-state index contributed by atoms with van der Waals surface area (Å²) in [5, 5.41) is 0. The summed E-state index contributed by atoms with van der Waals surface area (Å²) < 4.78 is 0. The van der Waals surface area contributed by atoms with Crippen molar-refractivity contribution in [3.05, 3.63) is 41.6 Å². The summed E-state index contributed by atoms with van der Waals surface area (Å²) in [5.41, 5.74) is 7.73. The van der Waals surface area contributed by atoms with Gasteiger partial charge in [0.2, 0.25) is 5.91 Å². The number of carbonyl (C=O) groups excluding carboxylic acids is 1. The summed E-state index contributed by atoms with van der Waals surface area (Å²) in [4.78, 5) is 13.1. The number of likely N-dealkylation sites (tertiary alicyclic amines) is 1.